The molecular formula is C12H18N2O. The maximum Gasteiger partial charge on any atom is 0.135 e. The summed E-state index contributed by atoms with van der Waals surface area (Å²) in [7, 11) is 0. The molecule has 4 unspecified atom stereocenters. The maximum absolute atomic E-state index is 10.0. The highest BCUT2D eigenvalue weighted by molar-refractivity contribution is 4.96. The zero-order valence-corrected chi connectivity index (χ0v) is 8.89. The van der Waals surface area contributed by atoms with Crippen LogP contribution in [0.1, 0.15) is 44.0 Å². The Morgan fingerprint density at radius 1 is 1.47 bits per heavy atom. The minimum Gasteiger partial charge on any atom is -0.385 e. The van der Waals surface area contributed by atoms with Gasteiger partial charge in [0.2, 0.25) is 0 Å². The molecule has 2 aliphatic carbocycles. The number of nitrogens with one attached hydrogen (secondary N) is 1. The Bertz CT molecular complexity index is 322. The van der Waals surface area contributed by atoms with Crippen molar-refractivity contribution in [2.45, 2.75) is 38.2 Å². The van der Waals surface area contributed by atoms with E-state index in [1.165, 1.54) is 25.7 Å². The molecule has 1 aromatic rings. The monoisotopic (exact) mass is 206 g/mol. The van der Waals surface area contributed by atoms with Gasteiger partial charge in [-0.2, -0.15) is 0 Å². The van der Waals surface area contributed by atoms with Crippen molar-refractivity contribution in [3.63, 3.8) is 0 Å². The zero-order valence-electron chi connectivity index (χ0n) is 8.89. The van der Waals surface area contributed by atoms with Crippen molar-refractivity contribution in [2.75, 3.05) is 0 Å². The van der Waals surface area contributed by atoms with Gasteiger partial charge in [0.05, 0.1) is 0 Å². The normalized spacial score (nSPS) is 35.9. The zero-order chi connectivity index (χ0) is 10.3. The van der Waals surface area contributed by atoms with Gasteiger partial charge in [0.25, 0.3) is 0 Å². The van der Waals surface area contributed by atoms with E-state index in [0.29, 0.717) is 0 Å². The molecule has 2 saturated carbocycles. The molecule has 15 heavy (non-hydrogen) atoms. The third-order valence-electron chi connectivity index (χ3n) is 4.25. The molecule has 1 aromatic heterocycles. The average molecular weight is 206 g/mol. The Balaban J connectivity index is 1.62. The minimum absolute atomic E-state index is 0.385. The van der Waals surface area contributed by atoms with Crippen LogP contribution < -0.4 is 0 Å². The van der Waals surface area contributed by atoms with Crippen LogP contribution in [-0.2, 0) is 0 Å². The van der Waals surface area contributed by atoms with Crippen molar-refractivity contribution in [3.05, 3.63) is 18.2 Å². The summed E-state index contributed by atoms with van der Waals surface area (Å²) in [6.45, 7) is 0. The van der Waals surface area contributed by atoms with E-state index >= 15 is 0 Å². The van der Waals surface area contributed by atoms with E-state index in [9.17, 15) is 5.11 Å². The Morgan fingerprint density at radius 3 is 3.00 bits per heavy atom. The summed E-state index contributed by atoms with van der Waals surface area (Å²) in [5.74, 6) is 3.32. The Kier molecular flexibility index (Phi) is 2.28. The largest absolute Gasteiger partial charge is 0.385 e. The van der Waals surface area contributed by atoms with Gasteiger partial charge in [-0.25, -0.2) is 4.98 Å². The predicted molar refractivity (Wildman–Crippen MR) is 57.1 cm³/mol. The highest BCUT2D eigenvalue weighted by atomic mass is 16.3. The summed E-state index contributed by atoms with van der Waals surface area (Å²) in [4.78, 5) is 7.11. The van der Waals surface area contributed by atoms with E-state index in [1.807, 2.05) is 0 Å². The molecule has 3 heteroatoms. The molecule has 2 fully saturated rings. The molecule has 0 aromatic carbocycles. The number of rotatable bonds is 3. The van der Waals surface area contributed by atoms with E-state index in [0.717, 1.165) is 30.0 Å². The molecule has 1 heterocycles. The van der Waals surface area contributed by atoms with Gasteiger partial charge >= 0.3 is 0 Å². The Hall–Kier alpha value is -0.830. The highest BCUT2D eigenvalue weighted by Crippen LogP contribution is 2.50. The topological polar surface area (TPSA) is 48.9 Å². The molecule has 2 bridgehead atoms. The average Bonchev–Trinajstić information content (AvgIpc) is 2.95. The molecule has 2 aliphatic rings. The van der Waals surface area contributed by atoms with Gasteiger partial charge in [-0.15, -0.1) is 0 Å². The van der Waals surface area contributed by atoms with Gasteiger partial charge in [-0.05, 0) is 43.4 Å². The summed E-state index contributed by atoms with van der Waals surface area (Å²) in [6.07, 6.45) is 9.56. The molecule has 0 spiro atoms. The molecule has 4 atom stereocenters. The van der Waals surface area contributed by atoms with Gasteiger partial charge in [-0.1, -0.05) is 6.42 Å². The first kappa shape index (κ1) is 9.40. The molecular weight excluding hydrogens is 188 g/mol. The van der Waals surface area contributed by atoms with Crippen LogP contribution in [0, 0.1) is 17.8 Å². The molecule has 0 amide bonds. The molecule has 0 aliphatic heterocycles. The molecule has 2 N–H and O–H groups in total. The van der Waals surface area contributed by atoms with Gasteiger partial charge in [0.15, 0.2) is 0 Å². The van der Waals surface area contributed by atoms with Crippen LogP contribution in [0.25, 0.3) is 0 Å². The summed E-state index contributed by atoms with van der Waals surface area (Å²) in [6, 6.07) is 0. The number of aromatic nitrogens is 2. The number of aliphatic hydroxyl groups is 1. The number of aliphatic hydroxyl groups excluding tert-OH is 1. The number of aromatic amines is 1. The van der Waals surface area contributed by atoms with E-state index in [2.05, 4.69) is 9.97 Å². The second-order valence-electron chi connectivity index (χ2n) is 5.16. The lowest BCUT2D eigenvalue weighted by Crippen LogP contribution is -2.14. The van der Waals surface area contributed by atoms with E-state index in [-0.39, 0.29) is 6.10 Å². The maximum atomic E-state index is 10.0. The van der Waals surface area contributed by atoms with Crippen molar-refractivity contribution >= 4 is 0 Å². The van der Waals surface area contributed by atoms with Crippen molar-refractivity contribution in [3.8, 4) is 0 Å². The minimum atomic E-state index is -0.385. The van der Waals surface area contributed by atoms with Crippen molar-refractivity contribution < 1.29 is 5.11 Å². The molecule has 0 radical (unpaired) electrons. The van der Waals surface area contributed by atoms with Crippen LogP contribution in [0.4, 0.5) is 0 Å². The second kappa shape index (κ2) is 3.63. The van der Waals surface area contributed by atoms with Crippen LogP contribution in [-0.4, -0.2) is 15.1 Å². The van der Waals surface area contributed by atoms with E-state index < -0.39 is 0 Å². The molecule has 3 nitrogen and oxygen atoms in total. The third kappa shape index (κ3) is 1.69. The lowest BCUT2D eigenvalue weighted by molar-refractivity contribution is 0.118. The summed E-state index contributed by atoms with van der Waals surface area (Å²) < 4.78 is 0. The van der Waals surface area contributed by atoms with Crippen LogP contribution in [0.15, 0.2) is 12.4 Å². The van der Waals surface area contributed by atoms with E-state index in [4.69, 9.17) is 0 Å². The second-order valence-corrected chi connectivity index (χ2v) is 5.16. The van der Waals surface area contributed by atoms with Crippen LogP contribution in [0.3, 0.4) is 0 Å². The highest BCUT2D eigenvalue weighted by Gasteiger charge is 2.40. The number of H-pyrrole nitrogens is 1. The van der Waals surface area contributed by atoms with E-state index in [1.54, 1.807) is 12.4 Å². The Morgan fingerprint density at radius 2 is 2.40 bits per heavy atom. The smallest absolute Gasteiger partial charge is 0.135 e. The lowest BCUT2D eigenvalue weighted by Gasteiger charge is -2.23. The number of hydrogen-bond donors (Lipinski definition) is 2. The summed E-state index contributed by atoms with van der Waals surface area (Å²) >= 11 is 0. The third-order valence-corrected chi connectivity index (χ3v) is 4.25. The lowest BCUT2D eigenvalue weighted by atomic mass is 9.85. The van der Waals surface area contributed by atoms with Gasteiger partial charge in [-0.3, -0.25) is 0 Å². The predicted octanol–water partition coefficient (Wildman–Crippen LogP) is 2.27. The van der Waals surface area contributed by atoms with Gasteiger partial charge < -0.3 is 10.1 Å². The summed E-state index contributed by atoms with van der Waals surface area (Å²) in [5, 5.41) is 10.0. The van der Waals surface area contributed by atoms with Crippen molar-refractivity contribution in [1.82, 2.24) is 9.97 Å². The van der Waals surface area contributed by atoms with Gasteiger partial charge in [0.1, 0.15) is 11.9 Å². The van der Waals surface area contributed by atoms with Crippen molar-refractivity contribution in [1.29, 1.82) is 0 Å². The van der Waals surface area contributed by atoms with Crippen molar-refractivity contribution in [2.24, 2.45) is 17.8 Å². The number of hydrogen-bond acceptors (Lipinski definition) is 2. The number of nitrogens with zero attached hydrogens (tertiary/aromatic N) is 1. The first-order chi connectivity index (χ1) is 7.33. The van der Waals surface area contributed by atoms with Gasteiger partial charge in [0, 0.05) is 12.4 Å². The summed E-state index contributed by atoms with van der Waals surface area (Å²) in [5.41, 5.74) is 0. The van der Waals surface area contributed by atoms with Crippen LogP contribution in [0.5, 0.6) is 0 Å². The first-order valence-corrected chi connectivity index (χ1v) is 6.00. The first-order valence-electron chi connectivity index (χ1n) is 6.00. The number of fused-ring (bicyclic) bond motifs is 2. The van der Waals surface area contributed by atoms with Crippen LogP contribution >= 0.6 is 0 Å². The number of imidazole rings is 1. The molecule has 82 valence electrons. The fourth-order valence-electron chi connectivity index (χ4n) is 3.52. The Labute approximate surface area is 89.9 Å². The quantitative estimate of drug-likeness (QED) is 0.797. The van der Waals surface area contributed by atoms with Crippen LogP contribution in [0.2, 0.25) is 0 Å². The standard InChI is InChI=1S/C12H18N2O/c15-11(12-13-3-4-14-12)7-10-6-8-1-2-9(10)5-8/h3-4,8-11,15H,1-2,5-7H2,(H,13,14). The fourth-order valence-corrected chi connectivity index (χ4v) is 3.52. The SMILES string of the molecule is OC(CC1CC2CCC1C2)c1ncc[nH]1. The molecule has 0 saturated heterocycles. The fraction of sp³-hybridized carbons (Fsp3) is 0.750. The molecule has 3 rings (SSSR count).